The van der Waals surface area contributed by atoms with Gasteiger partial charge in [-0.3, -0.25) is 9.59 Å². The number of carbonyl (C=O) groups excluding carboxylic acids is 2. The number of amides is 2. The van der Waals surface area contributed by atoms with Gasteiger partial charge in [-0.1, -0.05) is 53.9 Å². The zero-order valence-corrected chi connectivity index (χ0v) is 14.4. The van der Waals surface area contributed by atoms with Crippen molar-refractivity contribution in [1.29, 1.82) is 0 Å². The fourth-order valence-corrected chi connectivity index (χ4v) is 3.21. The van der Waals surface area contributed by atoms with Crippen molar-refractivity contribution < 1.29 is 9.59 Å². The third-order valence-corrected chi connectivity index (χ3v) is 4.72. The van der Waals surface area contributed by atoms with Gasteiger partial charge >= 0.3 is 0 Å². The van der Waals surface area contributed by atoms with Gasteiger partial charge in [0.1, 0.15) is 6.04 Å². The molecule has 0 bridgehead atoms. The molecule has 1 aliphatic heterocycles. The minimum atomic E-state index is -0.434. The summed E-state index contributed by atoms with van der Waals surface area (Å²) in [5, 5.41) is 3.25. The van der Waals surface area contributed by atoms with Crippen molar-refractivity contribution in [1.82, 2.24) is 10.2 Å². The van der Waals surface area contributed by atoms with Crippen LogP contribution >= 0.6 is 27.5 Å². The lowest BCUT2D eigenvalue weighted by atomic mass is 9.94. The molecular formula is C15H18BrClN2O2. The number of benzene rings is 1. The van der Waals surface area contributed by atoms with Crippen molar-refractivity contribution in [3.05, 3.63) is 33.3 Å². The Morgan fingerprint density at radius 1 is 1.48 bits per heavy atom. The van der Waals surface area contributed by atoms with Crippen LogP contribution in [0.5, 0.6) is 0 Å². The molecule has 0 aliphatic carbocycles. The topological polar surface area (TPSA) is 49.4 Å². The van der Waals surface area contributed by atoms with E-state index in [-0.39, 0.29) is 24.3 Å². The predicted molar refractivity (Wildman–Crippen MR) is 86.0 cm³/mol. The molecule has 1 N–H and O–H groups in total. The molecule has 1 aromatic carbocycles. The molecular weight excluding hydrogens is 356 g/mol. The van der Waals surface area contributed by atoms with Crippen molar-refractivity contribution in [3.63, 3.8) is 0 Å². The second-order valence-corrected chi connectivity index (χ2v) is 6.63. The van der Waals surface area contributed by atoms with Crippen LogP contribution in [-0.2, 0) is 16.1 Å². The van der Waals surface area contributed by atoms with E-state index >= 15 is 0 Å². The first kappa shape index (κ1) is 16.3. The fraction of sp³-hybridized carbons (Fsp3) is 0.467. The summed E-state index contributed by atoms with van der Waals surface area (Å²) in [6.07, 6.45) is 0.829. The molecule has 2 atom stereocenters. The molecule has 0 spiro atoms. The van der Waals surface area contributed by atoms with Crippen LogP contribution in [0.2, 0.25) is 5.02 Å². The Morgan fingerprint density at radius 2 is 2.19 bits per heavy atom. The highest BCUT2D eigenvalue weighted by Crippen LogP contribution is 2.26. The second kappa shape index (κ2) is 6.79. The highest BCUT2D eigenvalue weighted by Gasteiger charge is 2.37. The first-order valence-electron chi connectivity index (χ1n) is 6.95. The molecule has 2 rings (SSSR count). The Balaban J connectivity index is 2.28. The summed E-state index contributed by atoms with van der Waals surface area (Å²) in [7, 11) is 0. The number of hydrogen-bond donors (Lipinski definition) is 1. The molecule has 0 aromatic heterocycles. The van der Waals surface area contributed by atoms with Crippen molar-refractivity contribution in [2.24, 2.45) is 5.92 Å². The maximum absolute atomic E-state index is 12.2. The van der Waals surface area contributed by atoms with Crippen molar-refractivity contribution in [2.75, 3.05) is 6.54 Å². The van der Waals surface area contributed by atoms with Gasteiger partial charge in [0.25, 0.3) is 0 Å². The van der Waals surface area contributed by atoms with E-state index in [4.69, 9.17) is 11.6 Å². The summed E-state index contributed by atoms with van der Waals surface area (Å²) in [6.45, 7) is 4.41. The Labute approximate surface area is 138 Å². The normalized spacial score (nSPS) is 20.4. The van der Waals surface area contributed by atoms with Crippen molar-refractivity contribution in [2.45, 2.75) is 32.9 Å². The lowest BCUT2D eigenvalue weighted by Crippen LogP contribution is -2.60. The molecule has 2 unspecified atom stereocenters. The standard InChI is InChI=1S/C15H18BrClN2O2/c1-3-9(2)14-15(21)18-7-13(20)19(14)8-10-4-5-11(16)6-12(10)17/h4-6,9,14H,3,7-8H2,1-2H3,(H,18,21). The van der Waals surface area contributed by atoms with Crippen LogP contribution in [0.25, 0.3) is 0 Å². The van der Waals surface area contributed by atoms with Gasteiger partial charge in [-0.25, -0.2) is 0 Å². The number of hydrogen-bond acceptors (Lipinski definition) is 2. The Bertz CT molecular complexity index is 565. The first-order chi connectivity index (χ1) is 9.93. The third kappa shape index (κ3) is 3.58. The summed E-state index contributed by atoms with van der Waals surface area (Å²) in [4.78, 5) is 26.0. The maximum atomic E-state index is 12.2. The average molecular weight is 374 g/mol. The molecule has 1 heterocycles. The number of nitrogens with one attached hydrogen (secondary N) is 1. The minimum Gasteiger partial charge on any atom is -0.345 e. The fourth-order valence-electron chi connectivity index (χ4n) is 2.47. The minimum absolute atomic E-state index is 0.0555. The van der Waals surface area contributed by atoms with Crippen LogP contribution in [0.3, 0.4) is 0 Å². The van der Waals surface area contributed by atoms with E-state index in [1.54, 1.807) is 11.0 Å². The van der Waals surface area contributed by atoms with Gasteiger partial charge in [-0.05, 0) is 23.6 Å². The third-order valence-electron chi connectivity index (χ3n) is 3.88. The Kier molecular flexibility index (Phi) is 5.27. The number of halogens is 2. The smallest absolute Gasteiger partial charge is 0.243 e. The summed E-state index contributed by atoms with van der Waals surface area (Å²) >= 11 is 9.59. The second-order valence-electron chi connectivity index (χ2n) is 5.31. The molecule has 1 aliphatic rings. The zero-order chi connectivity index (χ0) is 15.6. The van der Waals surface area contributed by atoms with Gasteiger partial charge in [-0.15, -0.1) is 0 Å². The van der Waals surface area contributed by atoms with Crippen LogP contribution in [0, 0.1) is 5.92 Å². The molecule has 1 fully saturated rings. The van der Waals surface area contributed by atoms with Gasteiger partial charge in [-0.2, -0.15) is 0 Å². The van der Waals surface area contributed by atoms with E-state index in [2.05, 4.69) is 21.2 Å². The molecule has 0 saturated carbocycles. The average Bonchev–Trinajstić information content (AvgIpc) is 2.45. The lowest BCUT2D eigenvalue weighted by Gasteiger charge is -2.38. The Hall–Kier alpha value is -1.07. The highest BCUT2D eigenvalue weighted by atomic mass is 79.9. The summed E-state index contributed by atoms with van der Waals surface area (Å²) in [5.41, 5.74) is 0.844. The first-order valence-corrected chi connectivity index (χ1v) is 8.12. The molecule has 2 amide bonds. The van der Waals surface area contributed by atoms with E-state index in [1.165, 1.54) is 0 Å². The van der Waals surface area contributed by atoms with E-state index < -0.39 is 6.04 Å². The van der Waals surface area contributed by atoms with Gasteiger partial charge in [0.2, 0.25) is 11.8 Å². The van der Waals surface area contributed by atoms with E-state index in [0.717, 1.165) is 16.5 Å². The molecule has 21 heavy (non-hydrogen) atoms. The monoisotopic (exact) mass is 372 g/mol. The molecule has 114 valence electrons. The van der Waals surface area contributed by atoms with Crippen molar-refractivity contribution in [3.8, 4) is 0 Å². The lowest BCUT2D eigenvalue weighted by molar-refractivity contribution is -0.148. The van der Waals surface area contributed by atoms with Gasteiger partial charge < -0.3 is 10.2 Å². The SMILES string of the molecule is CCC(C)C1C(=O)NCC(=O)N1Cc1ccc(Br)cc1Cl. The van der Waals surface area contributed by atoms with Crippen LogP contribution in [-0.4, -0.2) is 29.3 Å². The quantitative estimate of drug-likeness (QED) is 0.882. The number of nitrogens with zero attached hydrogens (tertiary/aromatic N) is 1. The molecule has 0 radical (unpaired) electrons. The summed E-state index contributed by atoms with van der Waals surface area (Å²) < 4.78 is 0.887. The largest absolute Gasteiger partial charge is 0.345 e. The predicted octanol–water partition coefficient (Wildman–Crippen LogP) is 2.98. The van der Waals surface area contributed by atoms with Crippen molar-refractivity contribution >= 4 is 39.3 Å². The van der Waals surface area contributed by atoms with Gasteiger partial charge in [0.15, 0.2) is 0 Å². The molecule has 4 nitrogen and oxygen atoms in total. The summed E-state index contributed by atoms with van der Waals surface area (Å²) in [5.74, 6) is -0.0560. The maximum Gasteiger partial charge on any atom is 0.243 e. The number of carbonyl (C=O) groups is 2. The number of piperazine rings is 1. The highest BCUT2D eigenvalue weighted by molar-refractivity contribution is 9.10. The van der Waals surface area contributed by atoms with Crippen LogP contribution < -0.4 is 5.32 Å². The van der Waals surface area contributed by atoms with Gasteiger partial charge in [0.05, 0.1) is 6.54 Å². The van der Waals surface area contributed by atoms with E-state index in [1.807, 2.05) is 26.0 Å². The zero-order valence-electron chi connectivity index (χ0n) is 12.0. The Morgan fingerprint density at radius 3 is 2.81 bits per heavy atom. The van der Waals surface area contributed by atoms with Crippen LogP contribution in [0.4, 0.5) is 0 Å². The van der Waals surface area contributed by atoms with E-state index in [9.17, 15) is 9.59 Å². The summed E-state index contributed by atoms with van der Waals surface area (Å²) in [6, 6.07) is 5.12. The van der Waals surface area contributed by atoms with Gasteiger partial charge in [0, 0.05) is 16.0 Å². The van der Waals surface area contributed by atoms with Crippen LogP contribution in [0.1, 0.15) is 25.8 Å². The molecule has 1 saturated heterocycles. The van der Waals surface area contributed by atoms with E-state index in [0.29, 0.717) is 11.6 Å². The molecule has 1 aromatic rings. The molecule has 6 heteroatoms. The number of rotatable bonds is 4. The van der Waals surface area contributed by atoms with Crippen LogP contribution in [0.15, 0.2) is 22.7 Å².